The zero-order valence-electron chi connectivity index (χ0n) is 13.0. The molecule has 1 heterocycles. The first-order valence-electron chi connectivity index (χ1n) is 7.84. The molecule has 0 aliphatic carbocycles. The summed E-state index contributed by atoms with van der Waals surface area (Å²) >= 11 is 0. The van der Waals surface area contributed by atoms with E-state index in [-0.39, 0.29) is 5.91 Å². The van der Waals surface area contributed by atoms with Crippen LogP contribution in [0, 0.1) is 0 Å². The highest BCUT2D eigenvalue weighted by atomic mass is 16.1. The zero-order chi connectivity index (χ0) is 16.4. The molecule has 0 unspecified atom stereocenters. The van der Waals surface area contributed by atoms with Crippen molar-refractivity contribution in [1.29, 1.82) is 0 Å². The number of H-pyrrole nitrogens is 1. The number of aromatic nitrogens is 1. The number of aromatic amines is 1. The molecular weight excluding hydrogens is 296 g/mol. The van der Waals surface area contributed by atoms with Crippen molar-refractivity contribution in [1.82, 2.24) is 4.98 Å². The number of hydrogen-bond donors (Lipinski definition) is 2. The highest BCUT2D eigenvalue weighted by Gasteiger charge is 2.12. The van der Waals surface area contributed by atoms with Crippen LogP contribution in [-0.4, -0.2) is 10.9 Å². The Hall–Kier alpha value is -3.33. The summed E-state index contributed by atoms with van der Waals surface area (Å²) in [5, 5.41) is 4.07. The van der Waals surface area contributed by atoms with Crippen LogP contribution in [0.15, 0.2) is 85.1 Å². The molecule has 0 bridgehead atoms. The third-order valence-corrected chi connectivity index (χ3v) is 4.07. The van der Waals surface area contributed by atoms with Crippen LogP contribution in [0.3, 0.4) is 0 Å². The van der Waals surface area contributed by atoms with Gasteiger partial charge < -0.3 is 10.3 Å². The predicted octanol–water partition coefficient (Wildman–Crippen LogP) is 5.09. The summed E-state index contributed by atoms with van der Waals surface area (Å²) < 4.78 is 0. The largest absolute Gasteiger partial charge is 0.361 e. The highest BCUT2D eigenvalue weighted by Crippen LogP contribution is 2.25. The van der Waals surface area contributed by atoms with E-state index >= 15 is 0 Å². The van der Waals surface area contributed by atoms with Gasteiger partial charge in [0.15, 0.2) is 0 Å². The van der Waals surface area contributed by atoms with E-state index in [1.54, 1.807) is 0 Å². The normalized spacial score (nSPS) is 10.7. The van der Waals surface area contributed by atoms with E-state index in [1.807, 2.05) is 85.1 Å². The van der Waals surface area contributed by atoms with Crippen LogP contribution in [0.2, 0.25) is 0 Å². The van der Waals surface area contributed by atoms with Crippen LogP contribution >= 0.6 is 0 Å². The number of rotatable bonds is 3. The first kappa shape index (κ1) is 14.3. The van der Waals surface area contributed by atoms with Crippen molar-refractivity contribution in [2.75, 3.05) is 5.32 Å². The van der Waals surface area contributed by atoms with Gasteiger partial charge in [0.25, 0.3) is 5.91 Å². The van der Waals surface area contributed by atoms with Crippen LogP contribution in [0.25, 0.3) is 22.0 Å². The smallest absolute Gasteiger partial charge is 0.256 e. The van der Waals surface area contributed by atoms with E-state index in [0.29, 0.717) is 5.56 Å². The molecular formula is C21H16N2O. The lowest BCUT2D eigenvalue weighted by Gasteiger charge is -2.10. The quantitative estimate of drug-likeness (QED) is 0.544. The van der Waals surface area contributed by atoms with Gasteiger partial charge in [-0.3, -0.25) is 4.79 Å². The third kappa shape index (κ3) is 2.68. The molecule has 4 rings (SSSR count). The standard InChI is InChI=1S/C21H16N2O/c24-21(23-17-10-11-20-16(14-17)12-13-22-20)19-9-5-4-8-18(19)15-6-2-1-3-7-15/h1-14,22H,(H,23,24). The average molecular weight is 312 g/mol. The predicted molar refractivity (Wildman–Crippen MR) is 98.1 cm³/mol. The molecule has 3 nitrogen and oxygen atoms in total. The maximum atomic E-state index is 12.8. The number of carbonyl (C=O) groups is 1. The summed E-state index contributed by atoms with van der Waals surface area (Å²) in [6.07, 6.45) is 1.89. The Labute approximate surface area is 140 Å². The second-order valence-corrected chi connectivity index (χ2v) is 5.65. The van der Waals surface area contributed by atoms with Gasteiger partial charge in [-0.2, -0.15) is 0 Å². The summed E-state index contributed by atoms with van der Waals surface area (Å²) in [6, 6.07) is 25.4. The van der Waals surface area contributed by atoms with Gasteiger partial charge in [-0.25, -0.2) is 0 Å². The maximum absolute atomic E-state index is 12.8. The zero-order valence-corrected chi connectivity index (χ0v) is 13.0. The highest BCUT2D eigenvalue weighted by molar-refractivity contribution is 6.09. The van der Waals surface area contributed by atoms with E-state index in [4.69, 9.17) is 0 Å². The average Bonchev–Trinajstić information content (AvgIpc) is 3.10. The summed E-state index contributed by atoms with van der Waals surface area (Å²) in [4.78, 5) is 15.9. The van der Waals surface area contributed by atoms with E-state index in [0.717, 1.165) is 27.7 Å². The number of anilines is 1. The van der Waals surface area contributed by atoms with Gasteiger partial charge in [0.2, 0.25) is 0 Å². The Morgan fingerprint density at radius 2 is 1.62 bits per heavy atom. The number of hydrogen-bond acceptors (Lipinski definition) is 1. The van der Waals surface area contributed by atoms with E-state index in [1.165, 1.54) is 0 Å². The molecule has 3 aromatic carbocycles. The van der Waals surface area contributed by atoms with E-state index < -0.39 is 0 Å². The summed E-state index contributed by atoms with van der Waals surface area (Å²) in [5.74, 6) is -0.107. The molecule has 0 aliphatic heterocycles. The fraction of sp³-hybridized carbons (Fsp3) is 0. The van der Waals surface area contributed by atoms with Crippen LogP contribution in [0.1, 0.15) is 10.4 Å². The molecule has 1 aromatic heterocycles. The molecule has 0 fully saturated rings. The van der Waals surface area contributed by atoms with Crippen molar-refractivity contribution in [3.05, 3.63) is 90.6 Å². The van der Waals surface area contributed by atoms with Crippen LogP contribution in [0.5, 0.6) is 0 Å². The minimum absolute atomic E-state index is 0.107. The number of nitrogens with one attached hydrogen (secondary N) is 2. The molecule has 1 amide bonds. The van der Waals surface area contributed by atoms with Crippen molar-refractivity contribution in [2.24, 2.45) is 0 Å². The van der Waals surface area contributed by atoms with Gasteiger partial charge >= 0.3 is 0 Å². The monoisotopic (exact) mass is 312 g/mol. The Morgan fingerprint density at radius 3 is 2.50 bits per heavy atom. The second kappa shape index (κ2) is 6.05. The molecule has 116 valence electrons. The Balaban J connectivity index is 1.67. The number of benzene rings is 3. The number of fused-ring (bicyclic) bond motifs is 1. The fourth-order valence-corrected chi connectivity index (χ4v) is 2.88. The first-order chi connectivity index (χ1) is 11.8. The van der Waals surface area contributed by atoms with Crippen molar-refractivity contribution in [2.45, 2.75) is 0 Å². The minimum Gasteiger partial charge on any atom is -0.361 e. The van der Waals surface area contributed by atoms with E-state index in [9.17, 15) is 4.79 Å². The molecule has 0 aliphatic rings. The summed E-state index contributed by atoms with van der Waals surface area (Å²) in [5.41, 5.74) is 4.47. The van der Waals surface area contributed by atoms with Gasteiger partial charge in [0, 0.05) is 28.4 Å². The summed E-state index contributed by atoms with van der Waals surface area (Å²) in [6.45, 7) is 0. The van der Waals surface area contributed by atoms with Crippen molar-refractivity contribution in [3.63, 3.8) is 0 Å². The lowest BCUT2D eigenvalue weighted by molar-refractivity contribution is 0.102. The Kier molecular flexibility index (Phi) is 3.60. The number of carbonyl (C=O) groups excluding carboxylic acids is 1. The summed E-state index contributed by atoms with van der Waals surface area (Å²) in [7, 11) is 0. The Morgan fingerprint density at radius 1 is 0.833 bits per heavy atom. The van der Waals surface area contributed by atoms with Crippen LogP contribution in [0.4, 0.5) is 5.69 Å². The molecule has 0 spiro atoms. The molecule has 3 heteroatoms. The van der Waals surface area contributed by atoms with Crippen molar-refractivity contribution in [3.8, 4) is 11.1 Å². The van der Waals surface area contributed by atoms with Gasteiger partial charge in [0.1, 0.15) is 0 Å². The van der Waals surface area contributed by atoms with Crippen molar-refractivity contribution < 1.29 is 4.79 Å². The molecule has 0 saturated heterocycles. The van der Waals surface area contributed by atoms with Gasteiger partial charge in [0.05, 0.1) is 0 Å². The van der Waals surface area contributed by atoms with Gasteiger partial charge in [-0.05, 0) is 41.5 Å². The van der Waals surface area contributed by atoms with Crippen LogP contribution in [-0.2, 0) is 0 Å². The first-order valence-corrected chi connectivity index (χ1v) is 7.84. The minimum atomic E-state index is -0.107. The lowest BCUT2D eigenvalue weighted by Crippen LogP contribution is -2.13. The van der Waals surface area contributed by atoms with Crippen LogP contribution < -0.4 is 5.32 Å². The fourth-order valence-electron chi connectivity index (χ4n) is 2.88. The molecule has 4 aromatic rings. The molecule has 2 N–H and O–H groups in total. The molecule has 0 radical (unpaired) electrons. The second-order valence-electron chi connectivity index (χ2n) is 5.65. The molecule has 24 heavy (non-hydrogen) atoms. The lowest BCUT2D eigenvalue weighted by atomic mass is 9.99. The van der Waals surface area contributed by atoms with Gasteiger partial charge in [-0.15, -0.1) is 0 Å². The van der Waals surface area contributed by atoms with Crippen molar-refractivity contribution >= 4 is 22.5 Å². The third-order valence-electron chi connectivity index (χ3n) is 4.07. The van der Waals surface area contributed by atoms with E-state index in [2.05, 4.69) is 10.3 Å². The topological polar surface area (TPSA) is 44.9 Å². The SMILES string of the molecule is O=C(Nc1ccc2[nH]ccc2c1)c1ccccc1-c1ccccc1. The Bertz CT molecular complexity index is 1000. The molecule has 0 saturated carbocycles. The molecule has 0 atom stereocenters. The number of amides is 1. The maximum Gasteiger partial charge on any atom is 0.256 e. The van der Waals surface area contributed by atoms with Gasteiger partial charge in [-0.1, -0.05) is 48.5 Å².